The average molecular weight is 600 g/mol. The lowest BCUT2D eigenvalue weighted by Gasteiger charge is -2.35. The highest BCUT2D eigenvalue weighted by atomic mass is 16.8. The van der Waals surface area contributed by atoms with E-state index in [4.69, 9.17) is 19.0 Å². The molecule has 1 fully saturated rings. The van der Waals surface area contributed by atoms with Crippen LogP contribution in [0.5, 0.6) is 5.88 Å². The van der Waals surface area contributed by atoms with E-state index >= 15 is 0 Å². The van der Waals surface area contributed by atoms with Crippen molar-refractivity contribution in [2.45, 2.75) is 72.1 Å². The fraction of sp³-hybridized carbons (Fsp3) is 0.533. The summed E-state index contributed by atoms with van der Waals surface area (Å²) < 4.78 is 16.0. The number of hydrogen-bond donors (Lipinski definition) is 1. The van der Waals surface area contributed by atoms with Gasteiger partial charge in [0.25, 0.3) is 5.91 Å². The van der Waals surface area contributed by atoms with Crippen LogP contribution in [0.1, 0.15) is 64.9 Å². The van der Waals surface area contributed by atoms with Gasteiger partial charge in [0.1, 0.15) is 17.3 Å². The Bertz CT molecular complexity index is 1260. The molecule has 2 aromatic rings. The summed E-state index contributed by atoms with van der Waals surface area (Å²) in [6.45, 7) is 11.8. The third kappa shape index (κ3) is 10.8. The summed E-state index contributed by atoms with van der Waals surface area (Å²) in [5.74, 6) is -1.00. The number of esters is 1. The molecule has 1 aromatic heterocycles. The Labute approximate surface area is 251 Å². The zero-order chi connectivity index (χ0) is 31.6. The van der Waals surface area contributed by atoms with Gasteiger partial charge in [-0.05, 0) is 48.0 Å². The maximum atomic E-state index is 13.6. The monoisotopic (exact) mass is 599 g/mol. The van der Waals surface area contributed by atoms with Gasteiger partial charge >= 0.3 is 12.1 Å². The molecule has 1 aromatic carbocycles. The molecule has 0 aliphatic carbocycles. The Morgan fingerprint density at radius 3 is 2.28 bits per heavy atom. The van der Waals surface area contributed by atoms with Gasteiger partial charge in [-0.15, -0.1) is 5.06 Å². The van der Waals surface area contributed by atoms with Gasteiger partial charge in [0.2, 0.25) is 11.8 Å². The molecule has 13 nitrogen and oxygen atoms in total. The Morgan fingerprint density at radius 1 is 1.00 bits per heavy atom. The Hall–Kier alpha value is -4.26. The molecule has 0 unspecified atom stereocenters. The van der Waals surface area contributed by atoms with Gasteiger partial charge in [-0.2, -0.15) is 4.98 Å². The molecule has 3 rings (SSSR count). The van der Waals surface area contributed by atoms with Crippen LogP contribution in [0.3, 0.4) is 0 Å². The number of ether oxygens (including phenoxy) is 3. The lowest BCUT2D eigenvalue weighted by molar-refractivity contribution is -0.158. The number of piperazine rings is 1. The standard InChI is InChI=1S/C30H41N5O8/c1-7-40-29(39)43-35-17-15-34(16-18-35)28(38)22(13-14-25(36)42-30(4,5)6)32-27(37)23-19-24(41-20(2)3)33-26(31-23)21-11-9-8-10-12-21/h8-12,19-20,22H,7,13-18H2,1-6H3,(H,32,37)/t22-/m0/s1. The smallest absolute Gasteiger partial charge is 0.475 e. The van der Waals surface area contributed by atoms with E-state index in [0.717, 1.165) is 0 Å². The highest BCUT2D eigenvalue weighted by molar-refractivity contribution is 5.96. The summed E-state index contributed by atoms with van der Waals surface area (Å²) in [5.41, 5.74) is -0.00471. The first-order valence-corrected chi connectivity index (χ1v) is 14.4. The zero-order valence-corrected chi connectivity index (χ0v) is 25.6. The first-order valence-electron chi connectivity index (χ1n) is 14.4. The largest absolute Gasteiger partial charge is 0.527 e. The first kappa shape index (κ1) is 33.2. The van der Waals surface area contributed by atoms with Gasteiger partial charge in [0, 0.05) is 31.1 Å². The second-order valence-corrected chi connectivity index (χ2v) is 11.1. The molecule has 0 saturated carbocycles. The normalized spacial score (nSPS) is 14.5. The number of hydroxylamine groups is 2. The quantitative estimate of drug-likeness (QED) is 0.379. The van der Waals surface area contributed by atoms with Crippen LogP contribution < -0.4 is 10.1 Å². The third-order valence-corrected chi connectivity index (χ3v) is 6.00. The predicted molar refractivity (Wildman–Crippen MR) is 156 cm³/mol. The molecular weight excluding hydrogens is 558 g/mol. The maximum Gasteiger partial charge on any atom is 0.527 e. The van der Waals surface area contributed by atoms with Crippen LogP contribution in [-0.4, -0.2) is 94.4 Å². The van der Waals surface area contributed by atoms with Crippen LogP contribution in [0.25, 0.3) is 11.4 Å². The Balaban J connectivity index is 1.80. The highest BCUT2D eigenvalue weighted by Gasteiger charge is 2.31. The number of nitrogens with one attached hydrogen (secondary N) is 1. The molecular formula is C30H41N5O8. The minimum absolute atomic E-state index is 0.00496. The number of carbonyl (C=O) groups is 4. The van der Waals surface area contributed by atoms with Crippen LogP contribution in [0.2, 0.25) is 0 Å². The summed E-state index contributed by atoms with van der Waals surface area (Å²) in [6, 6.07) is 9.51. The molecule has 0 bridgehead atoms. The lowest BCUT2D eigenvalue weighted by atomic mass is 10.1. The third-order valence-electron chi connectivity index (χ3n) is 6.00. The number of benzene rings is 1. The second-order valence-electron chi connectivity index (χ2n) is 11.1. The maximum absolute atomic E-state index is 13.6. The van der Waals surface area contributed by atoms with E-state index in [9.17, 15) is 19.2 Å². The van der Waals surface area contributed by atoms with Crippen molar-refractivity contribution in [2.75, 3.05) is 32.8 Å². The van der Waals surface area contributed by atoms with Gasteiger partial charge in [-0.25, -0.2) is 9.78 Å². The van der Waals surface area contributed by atoms with Crippen LogP contribution in [0.15, 0.2) is 36.4 Å². The van der Waals surface area contributed by atoms with E-state index < -0.39 is 29.7 Å². The van der Waals surface area contributed by atoms with E-state index in [2.05, 4.69) is 15.3 Å². The van der Waals surface area contributed by atoms with Crippen LogP contribution >= 0.6 is 0 Å². The zero-order valence-electron chi connectivity index (χ0n) is 25.6. The van der Waals surface area contributed by atoms with Crippen LogP contribution in [0.4, 0.5) is 4.79 Å². The van der Waals surface area contributed by atoms with Crippen LogP contribution in [-0.2, 0) is 23.9 Å². The second kappa shape index (κ2) is 15.3. The topological polar surface area (TPSA) is 149 Å². The van der Waals surface area contributed by atoms with Gasteiger partial charge in [0.15, 0.2) is 5.82 Å². The molecule has 0 spiro atoms. The van der Waals surface area contributed by atoms with Crippen LogP contribution in [0, 0.1) is 0 Å². The average Bonchev–Trinajstić information content (AvgIpc) is 2.94. The minimum atomic E-state index is -1.05. The number of carbonyl (C=O) groups excluding carboxylic acids is 4. The Morgan fingerprint density at radius 2 is 1.67 bits per heavy atom. The fourth-order valence-corrected chi connectivity index (χ4v) is 4.17. The van der Waals surface area contributed by atoms with E-state index in [1.807, 2.05) is 44.2 Å². The van der Waals surface area contributed by atoms with Gasteiger partial charge in [-0.3, -0.25) is 14.4 Å². The number of nitrogens with zero attached hydrogens (tertiary/aromatic N) is 4. The van der Waals surface area contributed by atoms with Crippen molar-refractivity contribution >= 4 is 23.9 Å². The summed E-state index contributed by atoms with van der Waals surface area (Å²) in [5, 5.41) is 4.18. The predicted octanol–water partition coefficient (Wildman–Crippen LogP) is 3.38. The number of aromatic nitrogens is 2. The van der Waals surface area contributed by atoms with Crippen molar-refractivity contribution < 1.29 is 38.2 Å². The van der Waals surface area contributed by atoms with Crippen molar-refractivity contribution in [2.24, 2.45) is 0 Å². The molecule has 2 amide bonds. The summed E-state index contributed by atoms with van der Waals surface area (Å²) in [6.07, 6.45) is -1.11. The summed E-state index contributed by atoms with van der Waals surface area (Å²) >= 11 is 0. The molecule has 1 atom stereocenters. The molecule has 1 aliphatic rings. The number of amides is 2. The van der Waals surface area contributed by atoms with E-state index in [0.29, 0.717) is 11.4 Å². The summed E-state index contributed by atoms with van der Waals surface area (Å²) in [7, 11) is 0. The molecule has 1 saturated heterocycles. The van der Waals surface area contributed by atoms with Crippen molar-refractivity contribution in [1.29, 1.82) is 0 Å². The van der Waals surface area contributed by atoms with E-state index in [-0.39, 0.29) is 69.2 Å². The van der Waals surface area contributed by atoms with Crippen molar-refractivity contribution in [1.82, 2.24) is 25.2 Å². The molecule has 1 aliphatic heterocycles. The Kier molecular flexibility index (Phi) is 11.8. The van der Waals surface area contributed by atoms with Crippen molar-refractivity contribution in [3.63, 3.8) is 0 Å². The van der Waals surface area contributed by atoms with Crippen molar-refractivity contribution in [3.8, 4) is 17.3 Å². The van der Waals surface area contributed by atoms with Gasteiger partial charge in [0.05, 0.1) is 25.8 Å². The van der Waals surface area contributed by atoms with Gasteiger partial charge < -0.3 is 29.3 Å². The lowest BCUT2D eigenvalue weighted by Crippen LogP contribution is -2.55. The van der Waals surface area contributed by atoms with Crippen molar-refractivity contribution in [3.05, 3.63) is 42.1 Å². The molecule has 13 heteroatoms. The highest BCUT2D eigenvalue weighted by Crippen LogP contribution is 2.20. The fourth-order valence-electron chi connectivity index (χ4n) is 4.17. The molecule has 2 heterocycles. The SMILES string of the molecule is CCOC(=O)ON1CCN(C(=O)[C@H](CCC(=O)OC(C)(C)C)NC(=O)c2cc(OC(C)C)nc(-c3ccccc3)n2)CC1. The number of hydrogen-bond acceptors (Lipinski definition) is 11. The molecule has 1 N–H and O–H groups in total. The van der Waals surface area contributed by atoms with E-state index in [1.54, 1.807) is 32.6 Å². The number of rotatable bonds is 11. The van der Waals surface area contributed by atoms with E-state index in [1.165, 1.54) is 11.1 Å². The van der Waals surface area contributed by atoms with Gasteiger partial charge in [-0.1, -0.05) is 30.3 Å². The summed E-state index contributed by atoms with van der Waals surface area (Å²) in [4.78, 5) is 66.9. The first-order chi connectivity index (χ1) is 20.3. The minimum Gasteiger partial charge on any atom is -0.475 e. The molecule has 43 heavy (non-hydrogen) atoms. The molecule has 0 radical (unpaired) electrons. The molecule has 234 valence electrons.